The summed E-state index contributed by atoms with van der Waals surface area (Å²) in [6.45, 7) is 4.15. The van der Waals surface area contributed by atoms with E-state index < -0.39 is 0 Å². The van der Waals surface area contributed by atoms with Gasteiger partial charge in [0.15, 0.2) is 18.1 Å². The number of rotatable bonds is 8. The third kappa shape index (κ3) is 5.18. The van der Waals surface area contributed by atoms with E-state index in [9.17, 15) is 4.79 Å². The zero-order valence-electron chi connectivity index (χ0n) is 13.2. The van der Waals surface area contributed by atoms with Crippen LogP contribution in [0.5, 0.6) is 11.5 Å². The van der Waals surface area contributed by atoms with Crippen LogP contribution in [0, 0.1) is 0 Å². The predicted octanol–water partition coefficient (Wildman–Crippen LogP) is 3.12. The minimum Gasteiger partial charge on any atom is -0.493 e. The van der Waals surface area contributed by atoms with E-state index in [1.807, 2.05) is 54.6 Å². The summed E-state index contributed by atoms with van der Waals surface area (Å²) < 4.78 is 10.9. The lowest BCUT2D eigenvalue weighted by atomic mass is 10.1. The molecular formula is C19H21NO3. The molecule has 0 aliphatic heterocycles. The predicted molar refractivity (Wildman–Crippen MR) is 90.7 cm³/mol. The fourth-order valence-electron chi connectivity index (χ4n) is 2.12. The number of benzene rings is 2. The Kier molecular flexibility index (Phi) is 6.24. The van der Waals surface area contributed by atoms with Crippen LogP contribution in [0.15, 0.2) is 61.2 Å². The second-order valence-electron chi connectivity index (χ2n) is 5.03. The van der Waals surface area contributed by atoms with Gasteiger partial charge in [-0.25, -0.2) is 0 Å². The number of nitrogens with one attached hydrogen (secondary N) is 1. The molecule has 1 amide bonds. The highest BCUT2D eigenvalue weighted by molar-refractivity contribution is 5.77. The van der Waals surface area contributed by atoms with Crippen LogP contribution in [0.4, 0.5) is 0 Å². The summed E-state index contributed by atoms with van der Waals surface area (Å²) in [5.41, 5.74) is 2.13. The van der Waals surface area contributed by atoms with E-state index in [0.717, 1.165) is 17.5 Å². The molecule has 2 aromatic rings. The molecule has 2 rings (SSSR count). The molecule has 0 radical (unpaired) electrons. The van der Waals surface area contributed by atoms with Crippen LogP contribution in [0.1, 0.15) is 11.1 Å². The molecule has 120 valence electrons. The summed E-state index contributed by atoms with van der Waals surface area (Å²) in [6.07, 6.45) is 2.58. The number of carbonyl (C=O) groups excluding carboxylic acids is 1. The Hall–Kier alpha value is -2.75. The molecule has 0 unspecified atom stereocenters. The van der Waals surface area contributed by atoms with Crippen LogP contribution < -0.4 is 14.8 Å². The van der Waals surface area contributed by atoms with Crippen LogP contribution in [-0.2, 0) is 17.8 Å². The van der Waals surface area contributed by atoms with Gasteiger partial charge in [0.1, 0.15) is 0 Å². The second kappa shape index (κ2) is 8.63. The molecule has 4 heteroatoms. The molecule has 4 nitrogen and oxygen atoms in total. The van der Waals surface area contributed by atoms with Crippen molar-refractivity contribution in [2.24, 2.45) is 0 Å². The molecule has 0 aliphatic rings. The third-order valence-electron chi connectivity index (χ3n) is 3.30. The maximum absolute atomic E-state index is 11.9. The summed E-state index contributed by atoms with van der Waals surface area (Å²) in [7, 11) is 1.58. The summed E-state index contributed by atoms with van der Waals surface area (Å²) >= 11 is 0. The van der Waals surface area contributed by atoms with Gasteiger partial charge >= 0.3 is 0 Å². The highest BCUT2D eigenvalue weighted by atomic mass is 16.5. The van der Waals surface area contributed by atoms with Gasteiger partial charge in [0, 0.05) is 6.54 Å². The maximum Gasteiger partial charge on any atom is 0.258 e. The third-order valence-corrected chi connectivity index (χ3v) is 3.30. The van der Waals surface area contributed by atoms with Crippen molar-refractivity contribution in [1.29, 1.82) is 0 Å². The number of hydrogen-bond acceptors (Lipinski definition) is 3. The molecule has 0 aliphatic carbocycles. The SMILES string of the molecule is C=CCc1ccc(OCC(=O)NCc2ccccc2)c(OC)c1. The monoisotopic (exact) mass is 311 g/mol. The Bertz CT molecular complexity index is 653. The first-order valence-corrected chi connectivity index (χ1v) is 7.44. The van der Waals surface area contributed by atoms with Gasteiger partial charge in [0.25, 0.3) is 5.91 Å². The van der Waals surface area contributed by atoms with Crippen LogP contribution >= 0.6 is 0 Å². The Labute approximate surface area is 136 Å². The normalized spacial score (nSPS) is 9.96. The molecular weight excluding hydrogens is 290 g/mol. The van der Waals surface area contributed by atoms with Crippen LogP contribution in [-0.4, -0.2) is 19.6 Å². The van der Waals surface area contributed by atoms with Crippen molar-refractivity contribution in [1.82, 2.24) is 5.32 Å². The van der Waals surface area contributed by atoms with E-state index in [4.69, 9.17) is 9.47 Å². The van der Waals surface area contributed by atoms with Gasteiger partial charge in [0.05, 0.1) is 7.11 Å². The van der Waals surface area contributed by atoms with Gasteiger partial charge in [-0.3, -0.25) is 4.79 Å². The highest BCUT2D eigenvalue weighted by Crippen LogP contribution is 2.28. The summed E-state index contributed by atoms with van der Waals surface area (Å²) in [5.74, 6) is 0.987. The molecule has 23 heavy (non-hydrogen) atoms. The Morgan fingerprint density at radius 1 is 1.13 bits per heavy atom. The first kappa shape index (κ1) is 16.6. The maximum atomic E-state index is 11.9. The lowest BCUT2D eigenvalue weighted by Gasteiger charge is -2.12. The average Bonchev–Trinajstić information content (AvgIpc) is 2.59. The van der Waals surface area contributed by atoms with E-state index in [2.05, 4.69) is 11.9 Å². The Morgan fingerprint density at radius 3 is 2.61 bits per heavy atom. The zero-order chi connectivity index (χ0) is 16.5. The van der Waals surface area contributed by atoms with Gasteiger partial charge in [-0.15, -0.1) is 6.58 Å². The number of amides is 1. The molecule has 0 aromatic heterocycles. The number of allylic oxidation sites excluding steroid dienone is 1. The van der Waals surface area contributed by atoms with E-state index in [0.29, 0.717) is 18.0 Å². The summed E-state index contributed by atoms with van der Waals surface area (Å²) in [6, 6.07) is 15.4. The van der Waals surface area contributed by atoms with Crippen molar-refractivity contribution in [2.45, 2.75) is 13.0 Å². The van der Waals surface area contributed by atoms with Crippen molar-refractivity contribution in [3.8, 4) is 11.5 Å². The number of carbonyl (C=O) groups is 1. The minimum absolute atomic E-state index is 0.0516. The fourth-order valence-corrected chi connectivity index (χ4v) is 2.12. The average molecular weight is 311 g/mol. The molecule has 0 saturated carbocycles. The first-order chi connectivity index (χ1) is 11.2. The molecule has 0 heterocycles. The Balaban J connectivity index is 1.87. The molecule has 2 aromatic carbocycles. The van der Waals surface area contributed by atoms with Gasteiger partial charge in [-0.2, -0.15) is 0 Å². The van der Waals surface area contributed by atoms with Gasteiger partial charge in [-0.1, -0.05) is 42.5 Å². The van der Waals surface area contributed by atoms with Crippen molar-refractivity contribution in [2.75, 3.05) is 13.7 Å². The topological polar surface area (TPSA) is 47.6 Å². The van der Waals surface area contributed by atoms with E-state index in [1.165, 1.54) is 0 Å². The smallest absolute Gasteiger partial charge is 0.258 e. The Morgan fingerprint density at radius 2 is 1.91 bits per heavy atom. The lowest BCUT2D eigenvalue weighted by molar-refractivity contribution is -0.123. The summed E-state index contributed by atoms with van der Waals surface area (Å²) in [5, 5.41) is 2.82. The molecule has 0 saturated heterocycles. The van der Waals surface area contributed by atoms with E-state index in [1.54, 1.807) is 7.11 Å². The van der Waals surface area contributed by atoms with E-state index >= 15 is 0 Å². The van der Waals surface area contributed by atoms with Gasteiger partial charge < -0.3 is 14.8 Å². The quantitative estimate of drug-likeness (QED) is 0.762. The fraction of sp³-hybridized carbons (Fsp3) is 0.211. The zero-order valence-corrected chi connectivity index (χ0v) is 13.2. The van der Waals surface area contributed by atoms with Crippen molar-refractivity contribution in [3.63, 3.8) is 0 Å². The number of methoxy groups -OCH3 is 1. The number of ether oxygens (including phenoxy) is 2. The van der Waals surface area contributed by atoms with E-state index in [-0.39, 0.29) is 12.5 Å². The molecule has 0 spiro atoms. The molecule has 0 atom stereocenters. The molecule has 1 N–H and O–H groups in total. The lowest BCUT2D eigenvalue weighted by Crippen LogP contribution is -2.28. The highest BCUT2D eigenvalue weighted by Gasteiger charge is 2.08. The molecule has 0 fully saturated rings. The summed E-state index contributed by atoms with van der Waals surface area (Å²) in [4.78, 5) is 11.9. The minimum atomic E-state index is -0.175. The standard InChI is InChI=1S/C19H21NO3/c1-3-7-15-10-11-17(18(12-15)22-2)23-14-19(21)20-13-16-8-5-4-6-9-16/h3-6,8-12H,1,7,13-14H2,2H3,(H,20,21). The van der Waals surface area contributed by atoms with Gasteiger partial charge in [0.2, 0.25) is 0 Å². The van der Waals surface area contributed by atoms with Crippen molar-refractivity contribution in [3.05, 3.63) is 72.3 Å². The number of hydrogen-bond donors (Lipinski definition) is 1. The largest absolute Gasteiger partial charge is 0.493 e. The van der Waals surface area contributed by atoms with Crippen LogP contribution in [0.25, 0.3) is 0 Å². The van der Waals surface area contributed by atoms with Gasteiger partial charge in [-0.05, 0) is 29.7 Å². The van der Waals surface area contributed by atoms with Crippen LogP contribution in [0.3, 0.4) is 0 Å². The first-order valence-electron chi connectivity index (χ1n) is 7.44. The van der Waals surface area contributed by atoms with Crippen molar-refractivity contribution >= 4 is 5.91 Å². The van der Waals surface area contributed by atoms with Crippen molar-refractivity contribution < 1.29 is 14.3 Å². The molecule has 0 bridgehead atoms. The van der Waals surface area contributed by atoms with Crippen LogP contribution in [0.2, 0.25) is 0 Å². The second-order valence-corrected chi connectivity index (χ2v) is 5.03.